The molecule has 1 fully saturated rings. The number of aryl methyl sites for hydroxylation is 3. The summed E-state index contributed by atoms with van der Waals surface area (Å²) in [5.74, 6) is 1.29. The highest BCUT2D eigenvalue weighted by Gasteiger charge is 2.30. The van der Waals surface area contributed by atoms with E-state index >= 15 is 0 Å². The topological polar surface area (TPSA) is 85.0 Å². The van der Waals surface area contributed by atoms with Crippen molar-refractivity contribution in [2.75, 3.05) is 6.54 Å². The van der Waals surface area contributed by atoms with Crippen molar-refractivity contribution in [2.24, 2.45) is 0 Å². The Kier molecular flexibility index (Phi) is 4.90. The number of amides is 1. The van der Waals surface area contributed by atoms with Crippen molar-refractivity contribution in [3.05, 3.63) is 59.0 Å². The molecule has 1 aliphatic heterocycles. The largest absolute Gasteiger partial charge is 0.361 e. The maximum Gasteiger partial charge on any atom is 0.255 e. The van der Waals surface area contributed by atoms with E-state index in [2.05, 4.69) is 15.1 Å². The summed E-state index contributed by atoms with van der Waals surface area (Å²) in [4.78, 5) is 28.5. The second-order valence-electron chi connectivity index (χ2n) is 7.21. The van der Waals surface area contributed by atoms with Crippen LogP contribution in [0.2, 0.25) is 0 Å². The van der Waals surface area contributed by atoms with Crippen molar-refractivity contribution in [1.29, 1.82) is 0 Å². The summed E-state index contributed by atoms with van der Waals surface area (Å²) in [6.45, 7) is 6.40. The van der Waals surface area contributed by atoms with Gasteiger partial charge in [-0.25, -0.2) is 9.97 Å². The number of piperidine rings is 1. The maximum absolute atomic E-state index is 13.1. The zero-order chi connectivity index (χ0) is 19.7. The average Bonchev–Trinajstić information content (AvgIpc) is 3.06. The molecule has 1 amide bonds. The molecule has 0 saturated carbocycles. The molecule has 0 aromatic carbocycles. The molecule has 0 N–H and O–H groups in total. The third-order valence-electron chi connectivity index (χ3n) is 5.14. The number of hydrogen-bond acceptors (Lipinski definition) is 6. The Hall–Kier alpha value is -3.09. The van der Waals surface area contributed by atoms with Gasteiger partial charge in [0.25, 0.3) is 5.91 Å². The van der Waals surface area contributed by atoms with E-state index in [1.807, 2.05) is 37.8 Å². The summed E-state index contributed by atoms with van der Waals surface area (Å²) in [7, 11) is 0. The van der Waals surface area contributed by atoms with Crippen LogP contribution < -0.4 is 0 Å². The summed E-state index contributed by atoms with van der Waals surface area (Å²) in [6, 6.07) is 5.49. The van der Waals surface area contributed by atoms with Crippen LogP contribution in [0.4, 0.5) is 0 Å². The number of nitrogens with zero attached hydrogens (tertiary/aromatic N) is 5. The van der Waals surface area contributed by atoms with E-state index in [0.717, 1.165) is 41.9 Å². The summed E-state index contributed by atoms with van der Waals surface area (Å²) in [6.07, 6.45) is 6.22. The molecule has 7 nitrogen and oxygen atoms in total. The van der Waals surface area contributed by atoms with Gasteiger partial charge >= 0.3 is 0 Å². The zero-order valence-corrected chi connectivity index (χ0v) is 16.3. The Bertz CT molecular complexity index is 980. The van der Waals surface area contributed by atoms with Gasteiger partial charge < -0.3 is 9.42 Å². The highest BCUT2D eigenvalue weighted by Crippen LogP contribution is 2.33. The van der Waals surface area contributed by atoms with E-state index in [1.165, 1.54) is 0 Å². The maximum atomic E-state index is 13.1. The second-order valence-corrected chi connectivity index (χ2v) is 7.21. The molecule has 4 heterocycles. The molecular weight excluding hydrogens is 354 g/mol. The Morgan fingerprint density at radius 2 is 2.07 bits per heavy atom. The first kappa shape index (κ1) is 18.3. The molecule has 7 heteroatoms. The molecule has 1 aliphatic rings. The molecular formula is C21H23N5O2. The first-order valence-electron chi connectivity index (χ1n) is 9.54. The van der Waals surface area contributed by atoms with Crippen LogP contribution >= 0.6 is 0 Å². The highest BCUT2D eigenvalue weighted by molar-refractivity contribution is 5.94. The average molecular weight is 377 g/mol. The smallest absolute Gasteiger partial charge is 0.255 e. The van der Waals surface area contributed by atoms with Gasteiger partial charge in [0.05, 0.1) is 28.6 Å². The molecule has 0 aliphatic carbocycles. The third-order valence-corrected chi connectivity index (χ3v) is 5.14. The van der Waals surface area contributed by atoms with Crippen molar-refractivity contribution in [3.8, 4) is 11.4 Å². The minimum Gasteiger partial charge on any atom is -0.361 e. The van der Waals surface area contributed by atoms with Crippen LogP contribution in [0.1, 0.15) is 58.5 Å². The van der Waals surface area contributed by atoms with Gasteiger partial charge in [0.1, 0.15) is 5.76 Å². The van der Waals surface area contributed by atoms with Gasteiger partial charge in [0.15, 0.2) is 5.82 Å². The summed E-state index contributed by atoms with van der Waals surface area (Å²) in [5, 5.41) is 4.02. The monoisotopic (exact) mass is 377 g/mol. The van der Waals surface area contributed by atoms with Crippen molar-refractivity contribution in [1.82, 2.24) is 25.0 Å². The van der Waals surface area contributed by atoms with Crippen LogP contribution in [-0.4, -0.2) is 37.5 Å². The van der Waals surface area contributed by atoms with Crippen molar-refractivity contribution >= 4 is 5.91 Å². The summed E-state index contributed by atoms with van der Waals surface area (Å²) >= 11 is 0. The number of hydrogen-bond donors (Lipinski definition) is 0. The van der Waals surface area contributed by atoms with Gasteiger partial charge in [0.2, 0.25) is 0 Å². The lowest BCUT2D eigenvalue weighted by molar-refractivity contribution is 0.0605. The first-order chi connectivity index (χ1) is 13.5. The van der Waals surface area contributed by atoms with Crippen molar-refractivity contribution < 1.29 is 9.32 Å². The number of likely N-dealkylation sites (tertiary alicyclic amines) is 1. The molecule has 28 heavy (non-hydrogen) atoms. The lowest BCUT2D eigenvalue weighted by Gasteiger charge is -2.35. The number of carbonyl (C=O) groups is 1. The van der Waals surface area contributed by atoms with Gasteiger partial charge in [-0.05, 0) is 58.2 Å². The number of rotatable bonds is 3. The number of pyridine rings is 1. The second kappa shape index (κ2) is 7.50. The van der Waals surface area contributed by atoms with E-state index in [1.54, 1.807) is 18.5 Å². The van der Waals surface area contributed by atoms with Gasteiger partial charge in [-0.15, -0.1) is 0 Å². The molecule has 1 atom stereocenters. The lowest BCUT2D eigenvalue weighted by atomic mass is 9.97. The molecule has 0 spiro atoms. The van der Waals surface area contributed by atoms with Crippen LogP contribution in [0, 0.1) is 20.8 Å². The van der Waals surface area contributed by atoms with Gasteiger partial charge in [-0.1, -0.05) is 5.16 Å². The highest BCUT2D eigenvalue weighted by atomic mass is 16.5. The molecule has 144 valence electrons. The molecule has 0 bridgehead atoms. The fraction of sp³-hybridized carbons (Fsp3) is 0.381. The van der Waals surface area contributed by atoms with Crippen molar-refractivity contribution in [3.63, 3.8) is 0 Å². The van der Waals surface area contributed by atoms with Gasteiger partial charge in [-0.2, -0.15) is 0 Å². The summed E-state index contributed by atoms with van der Waals surface area (Å²) < 4.78 is 5.29. The van der Waals surface area contributed by atoms with E-state index in [9.17, 15) is 4.79 Å². The third kappa shape index (κ3) is 3.40. The van der Waals surface area contributed by atoms with E-state index < -0.39 is 0 Å². The summed E-state index contributed by atoms with van der Waals surface area (Å²) in [5.41, 5.74) is 3.91. The Balaban J connectivity index is 1.73. The van der Waals surface area contributed by atoms with Crippen LogP contribution in [0.25, 0.3) is 11.4 Å². The molecule has 3 aromatic rings. The molecule has 1 saturated heterocycles. The molecule has 0 unspecified atom stereocenters. The van der Waals surface area contributed by atoms with E-state index in [4.69, 9.17) is 9.51 Å². The van der Waals surface area contributed by atoms with Crippen LogP contribution in [0.5, 0.6) is 0 Å². The van der Waals surface area contributed by atoms with Gasteiger partial charge in [-0.3, -0.25) is 9.78 Å². The Labute approximate surface area is 163 Å². The normalized spacial score (nSPS) is 17.0. The lowest BCUT2D eigenvalue weighted by Crippen LogP contribution is -2.39. The fourth-order valence-electron chi connectivity index (χ4n) is 3.81. The minimum absolute atomic E-state index is 0.00652. The molecule has 4 rings (SSSR count). The zero-order valence-electron chi connectivity index (χ0n) is 16.3. The van der Waals surface area contributed by atoms with Crippen LogP contribution in [-0.2, 0) is 0 Å². The Morgan fingerprint density at radius 1 is 1.21 bits per heavy atom. The van der Waals surface area contributed by atoms with E-state index in [-0.39, 0.29) is 11.9 Å². The standard InChI is InChI=1S/C21H23N5O2/c1-13-11-17(24-20(23-13)19-14(2)25-28-15(19)3)18-8-4-5-10-26(18)21(27)16-7-6-9-22-12-16/h6-7,9,11-12,18H,4-5,8,10H2,1-3H3/t18-/m0/s1. The number of aromatic nitrogens is 4. The Morgan fingerprint density at radius 3 is 2.79 bits per heavy atom. The predicted molar refractivity (Wildman–Crippen MR) is 104 cm³/mol. The van der Waals surface area contributed by atoms with E-state index in [0.29, 0.717) is 23.7 Å². The van der Waals surface area contributed by atoms with Crippen LogP contribution in [0.15, 0.2) is 35.1 Å². The SMILES string of the molecule is Cc1cc([C@@H]2CCCCN2C(=O)c2cccnc2)nc(-c2c(C)noc2C)n1. The molecule has 3 aromatic heterocycles. The minimum atomic E-state index is -0.0811. The van der Waals surface area contributed by atoms with Crippen molar-refractivity contribution in [2.45, 2.75) is 46.1 Å². The van der Waals surface area contributed by atoms with Gasteiger partial charge in [0, 0.05) is 24.6 Å². The fourth-order valence-corrected chi connectivity index (χ4v) is 3.81. The quantitative estimate of drug-likeness (QED) is 0.690. The number of carbonyl (C=O) groups excluding carboxylic acids is 1. The molecule has 0 radical (unpaired) electrons. The first-order valence-corrected chi connectivity index (χ1v) is 9.54. The predicted octanol–water partition coefficient (Wildman–Crippen LogP) is 3.82. The van der Waals surface area contributed by atoms with Crippen LogP contribution in [0.3, 0.4) is 0 Å².